The number of nitrogens with zero attached hydrogens (tertiary/aromatic N) is 1. The standard InChI is InChI=1S/C16H24N2OS/c1-12-6-4-5-7-13(12)20-10-15(19)18-9-8-14(17)16(2,3)11-18/h4-7,14H,8-11,17H2,1-3H3. The zero-order valence-corrected chi connectivity index (χ0v) is 13.4. The molecule has 0 bridgehead atoms. The van der Waals surface area contributed by atoms with Gasteiger partial charge in [-0.15, -0.1) is 11.8 Å². The first kappa shape index (κ1) is 15.4. The van der Waals surface area contributed by atoms with E-state index in [2.05, 4.69) is 32.9 Å². The number of aryl methyl sites for hydroxylation is 1. The van der Waals surface area contributed by atoms with E-state index in [1.54, 1.807) is 11.8 Å². The molecule has 110 valence electrons. The number of carbonyl (C=O) groups excluding carboxylic acids is 1. The Kier molecular flexibility index (Phi) is 4.76. The molecule has 1 aliphatic heterocycles. The molecule has 1 heterocycles. The predicted molar refractivity (Wildman–Crippen MR) is 84.9 cm³/mol. The summed E-state index contributed by atoms with van der Waals surface area (Å²) in [4.78, 5) is 15.5. The highest BCUT2D eigenvalue weighted by Gasteiger charge is 2.35. The van der Waals surface area contributed by atoms with Crippen molar-refractivity contribution in [3.8, 4) is 0 Å². The summed E-state index contributed by atoms with van der Waals surface area (Å²) >= 11 is 1.63. The highest BCUT2D eigenvalue weighted by molar-refractivity contribution is 8.00. The smallest absolute Gasteiger partial charge is 0.232 e. The molecule has 1 aromatic rings. The topological polar surface area (TPSA) is 46.3 Å². The lowest BCUT2D eigenvalue weighted by Gasteiger charge is -2.42. The summed E-state index contributed by atoms with van der Waals surface area (Å²) in [5.41, 5.74) is 7.36. The monoisotopic (exact) mass is 292 g/mol. The first-order valence-electron chi connectivity index (χ1n) is 7.12. The van der Waals surface area contributed by atoms with Crippen LogP contribution in [-0.4, -0.2) is 35.7 Å². The van der Waals surface area contributed by atoms with Crippen molar-refractivity contribution in [2.45, 2.75) is 38.1 Å². The maximum Gasteiger partial charge on any atom is 0.232 e. The Morgan fingerprint density at radius 3 is 2.80 bits per heavy atom. The number of likely N-dealkylation sites (tertiary alicyclic amines) is 1. The molecule has 1 aliphatic rings. The number of piperidine rings is 1. The Hall–Kier alpha value is -1.00. The lowest BCUT2D eigenvalue weighted by atomic mass is 9.80. The molecule has 3 nitrogen and oxygen atoms in total. The third kappa shape index (κ3) is 3.55. The first-order valence-corrected chi connectivity index (χ1v) is 8.10. The molecule has 0 saturated carbocycles. The Labute approximate surface area is 125 Å². The van der Waals surface area contributed by atoms with Gasteiger partial charge in [0.05, 0.1) is 5.75 Å². The zero-order chi connectivity index (χ0) is 14.8. The number of benzene rings is 1. The largest absolute Gasteiger partial charge is 0.341 e. The highest BCUT2D eigenvalue weighted by atomic mass is 32.2. The van der Waals surface area contributed by atoms with Crippen molar-refractivity contribution in [1.82, 2.24) is 4.90 Å². The maximum absolute atomic E-state index is 12.3. The summed E-state index contributed by atoms with van der Waals surface area (Å²) in [6.07, 6.45) is 0.897. The molecule has 1 saturated heterocycles. The summed E-state index contributed by atoms with van der Waals surface area (Å²) in [5.74, 6) is 0.731. The summed E-state index contributed by atoms with van der Waals surface area (Å²) < 4.78 is 0. The molecule has 0 radical (unpaired) electrons. The van der Waals surface area contributed by atoms with E-state index in [1.165, 1.54) is 10.5 Å². The third-order valence-corrected chi connectivity index (χ3v) is 5.27. The third-order valence-electron chi connectivity index (χ3n) is 4.11. The van der Waals surface area contributed by atoms with Crippen molar-refractivity contribution in [2.75, 3.05) is 18.8 Å². The van der Waals surface area contributed by atoms with Crippen molar-refractivity contribution in [3.63, 3.8) is 0 Å². The molecule has 2 rings (SSSR count). The summed E-state index contributed by atoms with van der Waals surface area (Å²) in [7, 11) is 0. The van der Waals surface area contributed by atoms with Crippen molar-refractivity contribution >= 4 is 17.7 Å². The van der Waals surface area contributed by atoms with Crippen LogP contribution in [0, 0.1) is 12.3 Å². The molecular weight excluding hydrogens is 268 g/mol. The van der Waals surface area contributed by atoms with Gasteiger partial charge in [0, 0.05) is 24.0 Å². The molecule has 20 heavy (non-hydrogen) atoms. The van der Waals surface area contributed by atoms with Crippen LogP contribution in [0.3, 0.4) is 0 Å². The Bertz CT molecular complexity index is 487. The first-order chi connectivity index (χ1) is 9.40. The van der Waals surface area contributed by atoms with Gasteiger partial charge in [0.2, 0.25) is 5.91 Å². The van der Waals surface area contributed by atoms with Gasteiger partial charge in [-0.05, 0) is 30.4 Å². The number of nitrogens with two attached hydrogens (primary N) is 1. The average molecular weight is 292 g/mol. The van der Waals surface area contributed by atoms with E-state index in [0.717, 1.165) is 19.5 Å². The molecule has 1 fully saturated rings. The lowest BCUT2D eigenvalue weighted by Crippen LogP contribution is -2.54. The van der Waals surface area contributed by atoms with Crippen LogP contribution in [0.2, 0.25) is 0 Å². The fourth-order valence-electron chi connectivity index (χ4n) is 2.54. The minimum Gasteiger partial charge on any atom is -0.341 e. The molecule has 0 spiro atoms. The second-order valence-electron chi connectivity index (χ2n) is 6.25. The van der Waals surface area contributed by atoms with Crippen molar-refractivity contribution < 1.29 is 4.79 Å². The van der Waals surface area contributed by atoms with Crippen LogP contribution in [0.1, 0.15) is 25.8 Å². The average Bonchev–Trinajstić information content (AvgIpc) is 2.40. The van der Waals surface area contributed by atoms with Crippen LogP contribution in [0.5, 0.6) is 0 Å². The molecular formula is C16H24N2OS. The normalized spacial score (nSPS) is 21.8. The van der Waals surface area contributed by atoms with Crippen LogP contribution in [0.15, 0.2) is 29.2 Å². The second kappa shape index (κ2) is 6.19. The van der Waals surface area contributed by atoms with Gasteiger partial charge in [-0.2, -0.15) is 0 Å². The predicted octanol–water partition coefficient (Wildman–Crippen LogP) is 2.67. The summed E-state index contributed by atoms with van der Waals surface area (Å²) in [6, 6.07) is 8.38. The molecule has 1 unspecified atom stereocenters. The van der Waals surface area contributed by atoms with E-state index in [1.807, 2.05) is 17.0 Å². The van der Waals surface area contributed by atoms with Crippen LogP contribution >= 0.6 is 11.8 Å². The lowest BCUT2D eigenvalue weighted by molar-refractivity contribution is -0.131. The van der Waals surface area contributed by atoms with Gasteiger partial charge in [0.25, 0.3) is 0 Å². The number of amides is 1. The van der Waals surface area contributed by atoms with Gasteiger partial charge in [-0.1, -0.05) is 32.0 Å². The second-order valence-corrected chi connectivity index (χ2v) is 7.27. The quantitative estimate of drug-likeness (QED) is 0.871. The van der Waals surface area contributed by atoms with E-state index in [-0.39, 0.29) is 17.4 Å². The molecule has 1 atom stereocenters. The van der Waals surface area contributed by atoms with E-state index in [0.29, 0.717) is 5.75 Å². The number of hydrogen-bond acceptors (Lipinski definition) is 3. The molecule has 0 aromatic heterocycles. The minimum atomic E-state index is 0.0151. The molecule has 4 heteroatoms. The van der Waals surface area contributed by atoms with Gasteiger partial charge in [0.15, 0.2) is 0 Å². The molecule has 0 aliphatic carbocycles. The fourth-order valence-corrected chi connectivity index (χ4v) is 3.47. The number of rotatable bonds is 3. The maximum atomic E-state index is 12.3. The molecule has 1 amide bonds. The van der Waals surface area contributed by atoms with Crippen molar-refractivity contribution in [3.05, 3.63) is 29.8 Å². The van der Waals surface area contributed by atoms with Gasteiger partial charge in [-0.25, -0.2) is 0 Å². The Balaban J connectivity index is 1.91. The van der Waals surface area contributed by atoms with Gasteiger partial charge in [0.1, 0.15) is 0 Å². The van der Waals surface area contributed by atoms with E-state index >= 15 is 0 Å². The fraction of sp³-hybridized carbons (Fsp3) is 0.562. The van der Waals surface area contributed by atoms with E-state index in [9.17, 15) is 4.79 Å². The van der Waals surface area contributed by atoms with Gasteiger partial charge in [-0.3, -0.25) is 4.79 Å². The van der Waals surface area contributed by atoms with Crippen LogP contribution in [0.25, 0.3) is 0 Å². The van der Waals surface area contributed by atoms with Crippen molar-refractivity contribution in [1.29, 1.82) is 0 Å². The van der Waals surface area contributed by atoms with Crippen LogP contribution in [0.4, 0.5) is 0 Å². The molecule has 2 N–H and O–H groups in total. The minimum absolute atomic E-state index is 0.0151. The number of hydrogen-bond donors (Lipinski definition) is 1. The van der Waals surface area contributed by atoms with Gasteiger partial charge >= 0.3 is 0 Å². The highest BCUT2D eigenvalue weighted by Crippen LogP contribution is 2.29. The van der Waals surface area contributed by atoms with Crippen LogP contribution in [-0.2, 0) is 4.79 Å². The molecule has 1 aromatic carbocycles. The van der Waals surface area contributed by atoms with Crippen LogP contribution < -0.4 is 5.73 Å². The Morgan fingerprint density at radius 1 is 1.45 bits per heavy atom. The number of thioether (sulfide) groups is 1. The number of carbonyl (C=O) groups is 1. The van der Waals surface area contributed by atoms with Crippen molar-refractivity contribution in [2.24, 2.45) is 11.1 Å². The zero-order valence-electron chi connectivity index (χ0n) is 12.6. The summed E-state index contributed by atoms with van der Waals surface area (Å²) in [5, 5.41) is 0. The van der Waals surface area contributed by atoms with Gasteiger partial charge < -0.3 is 10.6 Å². The van der Waals surface area contributed by atoms with E-state index < -0.39 is 0 Å². The SMILES string of the molecule is Cc1ccccc1SCC(=O)N1CCC(N)C(C)(C)C1. The summed E-state index contributed by atoms with van der Waals surface area (Å²) in [6.45, 7) is 7.92. The Morgan fingerprint density at radius 2 is 2.15 bits per heavy atom. The van der Waals surface area contributed by atoms with E-state index in [4.69, 9.17) is 5.73 Å².